The monoisotopic (exact) mass is 1570 g/mol. The molecular formula is C97H71IrN8O2-. The molecule has 20 aromatic rings. The maximum atomic E-state index is 8.56. The maximum Gasteiger partial charge on any atom is 0.106 e. The van der Waals surface area contributed by atoms with Gasteiger partial charge in [0, 0.05) is 92.5 Å². The van der Waals surface area contributed by atoms with E-state index in [1.807, 2.05) is 91.4 Å². The van der Waals surface area contributed by atoms with Crippen molar-refractivity contribution in [2.45, 2.75) is 32.5 Å². The van der Waals surface area contributed by atoms with E-state index in [1.165, 1.54) is 87.8 Å². The maximum absolute atomic E-state index is 8.56. The Balaban J connectivity index is 0.000000140. The van der Waals surface area contributed by atoms with Gasteiger partial charge in [-0.3, -0.25) is 19.9 Å². The number of pyridine rings is 2. The predicted octanol–water partition coefficient (Wildman–Crippen LogP) is 23.3. The van der Waals surface area contributed by atoms with Crippen LogP contribution < -0.4 is 0 Å². The number of aliphatic hydroxyl groups is 2. The molecule has 1 radical (unpaired) electrons. The second-order valence-corrected chi connectivity index (χ2v) is 26.8. The number of nitrogens with zero attached hydrogens (tertiary/aromatic N) is 8. The molecule has 20 rings (SSSR count). The number of benzene rings is 14. The summed E-state index contributed by atoms with van der Waals surface area (Å²) in [5, 5.41) is 29.0. The number of fused-ring (bicyclic) bond motifs is 15. The molecule has 2 N–H and O–H groups in total. The fraction of sp³-hybridized carbons (Fsp3) is 0.0515. The van der Waals surface area contributed by atoms with Crippen LogP contribution in [0.4, 0.5) is 0 Å². The zero-order valence-electron chi connectivity index (χ0n) is 59.2. The molecule has 0 aliphatic carbocycles. The van der Waals surface area contributed by atoms with Gasteiger partial charge < -0.3 is 19.3 Å². The molecule has 2 atom stereocenters. The van der Waals surface area contributed by atoms with E-state index in [0.717, 1.165) is 88.8 Å². The third kappa shape index (κ3) is 13.8. The Labute approximate surface area is 638 Å². The van der Waals surface area contributed by atoms with Crippen LogP contribution in [0, 0.1) is 6.07 Å². The van der Waals surface area contributed by atoms with Gasteiger partial charge in [-0.15, -0.1) is 35.9 Å². The van der Waals surface area contributed by atoms with Crippen molar-refractivity contribution in [3.63, 3.8) is 0 Å². The van der Waals surface area contributed by atoms with Crippen molar-refractivity contribution in [3.05, 3.63) is 365 Å². The van der Waals surface area contributed by atoms with Gasteiger partial charge in [0.25, 0.3) is 0 Å². The van der Waals surface area contributed by atoms with Crippen molar-refractivity contribution in [3.8, 4) is 78.5 Å². The molecule has 0 spiro atoms. The van der Waals surface area contributed by atoms with Gasteiger partial charge in [0.2, 0.25) is 0 Å². The Morgan fingerprint density at radius 3 is 1.31 bits per heavy atom. The quantitative estimate of drug-likeness (QED) is 0.102. The van der Waals surface area contributed by atoms with Crippen LogP contribution in [0.1, 0.15) is 20.3 Å². The minimum atomic E-state index is -0.375. The molecule has 6 aromatic heterocycles. The summed E-state index contributed by atoms with van der Waals surface area (Å²) in [7, 11) is 0. The second kappa shape index (κ2) is 31.0. The molecule has 0 fully saturated rings. The summed E-state index contributed by atoms with van der Waals surface area (Å²) >= 11 is 0. The first-order valence-electron chi connectivity index (χ1n) is 36.0. The zero-order valence-corrected chi connectivity index (χ0v) is 61.6. The zero-order chi connectivity index (χ0) is 72.2. The summed E-state index contributed by atoms with van der Waals surface area (Å²) in [5.41, 5.74) is 23.7. The molecule has 10 nitrogen and oxygen atoms in total. The first-order chi connectivity index (χ1) is 52.8. The summed E-state index contributed by atoms with van der Waals surface area (Å²) in [6.07, 6.45) is 6.99. The number of aliphatic hydroxyl groups excluding tert-OH is 2. The van der Waals surface area contributed by atoms with E-state index in [1.54, 1.807) is 20.2 Å². The fourth-order valence-corrected chi connectivity index (χ4v) is 14.9. The van der Waals surface area contributed by atoms with Crippen molar-refractivity contribution in [1.82, 2.24) is 39.0 Å². The van der Waals surface area contributed by atoms with E-state index >= 15 is 0 Å². The van der Waals surface area contributed by atoms with Crippen LogP contribution >= 0.6 is 0 Å². The molecular weight excluding hydrogens is 1500 g/mol. The molecule has 0 saturated carbocycles. The van der Waals surface area contributed by atoms with Crippen LogP contribution in [0.15, 0.2) is 359 Å². The number of rotatable bonds is 10. The first kappa shape index (κ1) is 69.4. The SMILES string of the molecule is CC(O)CC(C)O.[Ir].[c-]1ccccc1-c1cc(-c2ccccc2)ncn1.c1ccc(-c2ccnc3c2ccc2c(-c4ccccc4)ccnc23)cc1.c1ccc(-n2c3ccccc3c3cc(-c4ccc5c6ccccc6n(-c6ccc(-c7cnc8c9ccccc9c9ccccc9c8n7)cc6)c5c4)ccc32)cc1. The van der Waals surface area contributed by atoms with Gasteiger partial charge >= 0.3 is 0 Å². The van der Waals surface area contributed by atoms with Crippen molar-refractivity contribution < 1.29 is 30.3 Å². The Bertz CT molecular complexity index is 6400. The average Bonchev–Trinajstić information content (AvgIpc) is 1.36. The van der Waals surface area contributed by atoms with Crippen LogP contribution in [-0.4, -0.2) is 61.5 Å². The number of hydrogen-bond acceptors (Lipinski definition) is 8. The summed E-state index contributed by atoms with van der Waals surface area (Å²) in [6.45, 7) is 3.32. The predicted molar refractivity (Wildman–Crippen MR) is 442 cm³/mol. The van der Waals surface area contributed by atoms with E-state index in [9.17, 15) is 0 Å². The Hall–Kier alpha value is -13.0. The third-order valence-corrected chi connectivity index (χ3v) is 19.7. The van der Waals surface area contributed by atoms with E-state index in [4.69, 9.17) is 20.2 Å². The summed E-state index contributed by atoms with van der Waals surface area (Å²) < 4.78 is 4.76. The van der Waals surface area contributed by atoms with Gasteiger partial charge in [-0.2, -0.15) is 0 Å². The molecule has 108 heavy (non-hydrogen) atoms. The standard InChI is InChI=1S/C52H32N4.C24H16N2.C16H11N2.C5H12O2.Ir/c1-2-12-36(13-3-1)55-48-21-11-9-17-41(48)45-30-34(25-29-49(45)55)35-24-28-42-40-16-8-10-20-47(40)56(50(42)31-35)37-26-22-33(23-27-37)46-32-53-51-43-18-6-4-14-38(43)39-15-5-7-19-44(39)52(51)54-46;1-3-7-17(8-4-1)19-13-15-25-23-21(19)11-12-22-20(14-16-26-24(22)23)18-9-5-2-6-10-18;1-3-7-13(8-4-1)15-11-16(18-12-17-15)14-9-5-2-6-10-14;1-4(6)3-5(2)7;/h1-32H;1-16H;1-9,11-12H;4-7H,3H2,1-2H3;/q;;-1;;. The van der Waals surface area contributed by atoms with Gasteiger partial charge in [-0.1, -0.05) is 243 Å². The summed E-state index contributed by atoms with van der Waals surface area (Å²) in [6, 6.07) is 120. The van der Waals surface area contributed by atoms with Crippen LogP contribution in [-0.2, 0) is 20.1 Å². The third-order valence-electron chi connectivity index (χ3n) is 19.7. The number of para-hydroxylation sites is 3. The van der Waals surface area contributed by atoms with Gasteiger partial charge in [-0.25, -0.2) is 9.97 Å². The minimum Gasteiger partial charge on any atom is -0.393 e. The molecule has 2 unspecified atom stereocenters. The van der Waals surface area contributed by atoms with E-state index in [-0.39, 0.29) is 32.3 Å². The number of hydrogen-bond donors (Lipinski definition) is 2. The molecule has 0 saturated heterocycles. The van der Waals surface area contributed by atoms with Gasteiger partial charge in [0.05, 0.1) is 73.9 Å². The minimum absolute atomic E-state index is 0. The van der Waals surface area contributed by atoms with E-state index in [0.29, 0.717) is 6.42 Å². The molecule has 0 aliphatic heterocycles. The molecule has 521 valence electrons. The second-order valence-electron chi connectivity index (χ2n) is 26.8. The largest absolute Gasteiger partial charge is 0.393 e. The fourth-order valence-electron chi connectivity index (χ4n) is 14.9. The van der Waals surface area contributed by atoms with Gasteiger partial charge in [0.1, 0.15) is 6.33 Å². The van der Waals surface area contributed by atoms with Gasteiger partial charge in [-0.05, 0) is 142 Å². The van der Waals surface area contributed by atoms with Crippen molar-refractivity contribution in [2.24, 2.45) is 0 Å². The molecule has 0 bridgehead atoms. The molecule has 0 aliphatic rings. The molecule has 11 heteroatoms. The molecule has 6 heterocycles. The van der Waals surface area contributed by atoms with Crippen LogP contribution in [0.2, 0.25) is 0 Å². The Morgan fingerprint density at radius 1 is 0.306 bits per heavy atom. The van der Waals surface area contributed by atoms with Crippen molar-refractivity contribution in [2.75, 3.05) is 0 Å². The summed E-state index contributed by atoms with van der Waals surface area (Å²) in [5.74, 6) is 0. The van der Waals surface area contributed by atoms with Crippen LogP contribution in [0.3, 0.4) is 0 Å². The number of aromatic nitrogens is 8. The van der Waals surface area contributed by atoms with E-state index < -0.39 is 0 Å². The smallest absolute Gasteiger partial charge is 0.106 e. The Kier molecular flexibility index (Phi) is 19.9. The van der Waals surface area contributed by atoms with Crippen molar-refractivity contribution in [1.29, 1.82) is 0 Å². The van der Waals surface area contributed by atoms with Crippen molar-refractivity contribution >= 4 is 98.0 Å². The van der Waals surface area contributed by atoms with E-state index in [2.05, 4.69) is 296 Å². The first-order valence-corrected chi connectivity index (χ1v) is 36.0. The van der Waals surface area contributed by atoms with Gasteiger partial charge in [0.15, 0.2) is 0 Å². The average molecular weight is 1570 g/mol. The Morgan fingerprint density at radius 2 is 0.731 bits per heavy atom. The molecule has 0 amide bonds. The summed E-state index contributed by atoms with van der Waals surface area (Å²) in [4.78, 5) is 28.2. The van der Waals surface area contributed by atoms with Crippen LogP contribution in [0.5, 0.6) is 0 Å². The molecule has 14 aromatic carbocycles. The topological polar surface area (TPSA) is 128 Å². The normalized spacial score (nSPS) is 11.8. The van der Waals surface area contributed by atoms with Crippen LogP contribution in [0.25, 0.3) is 177 Å².